The summed E-state index contributed by atoms with van der Waals surface area (Å²) in [6.07, 6.45) is 0. The Morgan fingerprint density at radius 1 is 1.39 bits per heavy atom. The van der Waals surface area contributed by atoms with E-state index in [1.165, 1.54) is 17.4 Å². The zero-order valence-electron chi connectivity index (χ0n) is 9.74. The number of hydrogen-bond donors (Lipinski definition) is 2. The number of benzene rings is 1. The van der Waals surface area contributed by atoms with Crippen molar-refractivity contribution in [3.05, 3.63) is 51.5 Å². The van der Waals surface area contributed by atoms with Crippen molar-refractivity contribution in [3.8, 4) is 0 Å². The summed E-state index contributed by atoms with van der Waals surface area (Å²) in [6.45, 7) is 2.23. The van der Waals surface area contributed by atoms with Crippen LogP contribution in [0.25, 0.3) is 0 Å². The first-order chi connectivity index (χ1) is 8.56. The summed E-state index contributed by atoms with van der Waals surface area (Å²) in [7, 11) is 0. The second-order valence-corrected chi connectivity index (χ2v) is 5.06. The zero-order chi connectivity index (χ0) is 13.1. The number of aromatic carboxylic acids is 1. The molecule has 1 aromatic heterocycles. The highest BCUT2D eigenvalue weighted by molar-refractivity contribution is 7.13. The maximum absolute atomic E-state index is 13.1. The summed E-state index contributed by atoms with van der Waals surface area (Å²) in [5.74, 6) is -1.14. The molecule has 0 bridgehead atoms. The Bertz CT molecular complexity index is 580. The van der Waals surface area contributed by atoms with Crippen molar-refractivity contribution in [2.45, 2.75) is 13.5 Å². The molecule has 0 aliphatic rings. The van der Waals surface area contributed by atoms with E-state index >= 15 is 0 Å². The van der Waals surface area contributed by atoms with Crippen molar-refractivity contribution >= 4 is 23.0 Å². The molecule has 0 atom stereocenters. The topological polar surface area (TPSA) is 49.3 Å². The van der Waals surface area contributed by atoms with Crippen LogP contribution in [0.2, 0.25) is 0 Å². The molecular weight excluding hydrogens is 253 g/mol. The molecule has 94 valence electrons. The number of hydrogen-bond acceptors (Lipinski definition) is 3. The molecule has 1 heterocycles. The standard InChI is InChI=1S/C13H12FNO2S/c1-8-6-9(2-4-11(8)14)15-7-10-3-5-12(18-10)13(16)17/h2-6,15H,7H2,1H3,(H,16,17). The summed E-state index contributed by atoms with van der Waals surface area (Å²) in [6, 6.07) is 8.15. The third kappa shape index (κ3) is 2.87. The largest absolute Gasteiger partial charge is 0.477 e. The van der Waals surface area contributed by atoms with Crippen LogP contribution >= 0.6 is 11.3 Å². The van der Waals surface area contributed by atoms with Gasteiger partial charge in [0.05, 0.1) is 0 Å². The lowest BCUT2D eigenvalue weighted by molar-refractivity contribution is 0.0702. The van der Waals surface area contributed by atoms with Crippen molar-refractivity contribution in [3.63, 3.8) is 0 Å². The van der Waals surface area contributed by atoms with Gasteiger partial charge in [0.1, 0.15) is 10.7 Å². The molecule has 3 nitrogen and oxygen atoms in total. The van der Waals surface area contributed by atoms with Crippen molar-refractivity contribution in [2.24, 2.45) is 0 Å². The molecule has 2 N–H and O–H groups in total. The van der Waals surface area contributed by atoms with E-state index in [2.05, 4.69) is 5.32 Å². The predicted octanol–water partition coefficient (Wildman–Crippen LogP) is 3.51. The van der Waals surface area contributed by atoms with Crippen molar-refractivity contribution < 1.29 is 14.3 Å². The fourth-order valence-corrected chi connectivity index (χ4v) is 2.32. The van der Waals surface area contributed by atoms with Crippen molar-refractivity contribution in [1.82, 2.24) is 0 Å². The van der Waals surface area contributed by atoms with Gasteiger partial charge >= 0.3 is 5.97 Å². The third-order valence-corrected chi connectivity index (χ3v) is 3.57. The minimum atomic E-state index is -0.913. The number of nitrogens with one attached hydrogen (secondary N) is 1. The van der Waals surface area contributed by atoms with Gasteiger partial charge < -0.3 is 10.4 Å². The minimum Gasteiger partial charge on any atom is -0.477 e. The van der Waals surface area contributed by atoms with Gasteiger partial charge in [0.2, 0.25) is 0 Å². The summed E-state index contributed by atoms with van der Waals surface area (Å²) in [5.41, 5.74) is 1.40. The number of halogens is 1. The van der Waals surface area contributed by atoms with E-state index in [0.717, 1.165) is 10.6 Å². The van der Waals surface area contributed by atoms with Gasteiger partial charge in [-0.2, -0.15) is 0 Å². The van der Waals surface area contributed by atoms with E-state index in [1.807, 2.05) is 0 Å². The molecule has 0 spiro atoms. The predicted molar refractivity (Wildman–Crippen MR) is 69.7 cm³/mol. The molecule has 0 radical (unpaired) electrons. The highest BCUT2D eigenvalue weighted by Crippen LogP contribution is 2.19. The summed E-state index contributed by atoms with van der Waals surface area (Å²) >= 11 is 1.23. The number of aryl methyl sites for hydroxylation is 1. The van der Waals surface area contributed by atoms with Gasteiger partial charge in [-0.05, 0) is 42.8 Å². The molecule has 0 unspecified atom stereocenters. The van der Waals surface area contributed by atoms with E-state index in [-0.39, 0.29) is 5.82 Å². The lowest BCUT2D eigenvalue weighted by atomic mass is 10.2. The lowest BCUT2D eigenvalue weighted by Gasteiger charge is -2.06. The Labute approximate surface area is 108 Å². The summed E-state index contributed by atoms with van der Waals surface area (Å²) < 4.78 is 13.1. The highest BCUT2D eigenvalue weighted by atomic mass is 32.1. The average Bonchev–Trinajstić information content (AvgIpc) is 2.79. The van der Waals surface area contributed by atoms with Gasteiger partial charge in [0.15, 0.2) is 0 Å². The number of carboxylic acid groups (broad SMARTS) is 1. The Hall–Kier alpha value is -1.88. The van der Waals surface area contributed by atoms with E-state index < -0.39 is 5.97 Å². The fourth-order valence-electron chi connectivity index (χ4n) is 1.53. The van der Waals surface area contributed by atoms with Gasteiger partial charge in [-0.15, -0.1) is 11.3 Å². The van der Waals surface area contributed by atoms with Gasteiger partial charge in [0.25, 0.3) is 0 Å². The molecule has 2 rings (SSSR count). The van der Waals surface area contributed by atoms with Crippen LogP contribution in [0.3, 0.4) is 0 Å². The number of anilines is 1. The van der Waals surface area contributed by atoms with Crippen LogP contribution in [0.15, 0.2) is 30.3 Å². The van der Waals surface area contributed by atoms with Gasteiger partial charge in [-0.3, -0.25) is 0 Å². The summed E-state index contributed by atoms with van der Waals surface area (Å²) in [5, 5.41) is 11.9. The fraction of sp³-hybridized carbons (Fsp3) is 0.154. The molecule has 1 aromatic carbocycles. The van der Waals surface area contributed by atoms with Crippen LogP contribution in [0.4, 0.5) is 10.1 Å². The number of carbonyl (C=O) groups is 1. The van der Waals surface area contributed by atoms with Crippen LogP contribution in [0, 0.1) is 12.7 Å². The molecule has 5 heteroatoms. The van der Waals surface area contributed by atoms with Crippen molar-refractivity contribution in [2.75, 3.05) is 5.32 Å². The van der Waals surface area contributed by atoms with Crippen LogP contribution in [-0.2, 0) is 6.54 Å². The third-order valence-electron chi connectivity index (χ3n) is 2.50. The molecular formula is C13H12FNO2S. The average molecular weight is 265 g/mol. The molecule has 0 amide bonds. The molecule has 2 aromatic rings. The molecule has 0 aliphatic heterocycles. The Morgan fingerprint density at radius 3 is 2.78 bits per heavy atom. The Balaban J connectivity index is 2.02. The summed E-state index contributed by atoms with van der Waals surface area (Å²) in [4.78, 5) is 12.0. The van der Waals surface area contributed by atoms with Gasteiger partial charge in [-0.25, -0.2) is 9.18 Å². The number of thiophene rings is 1. The number of rotatable bonds is 4. The maximum atomic E-state index is 13.1. The first kappa shape index (κ1) is 12.6. The zero-order valence-corrected chi connectivity index (χ0v) is 10.6. The van der Waals surface area contributed by atoms with Crippen LogP contribution in [-0.4, -0.2) is 11.1 Å². The molecule has 0 fully saturated rings. The molecule has 18 heavy (non-hydrogen) atoms. The maximum Gasteiger partial charge on any atom is 0.345 e. The first-order valence-corrected chi connectivity index (χ1v) is 6.20. The monoisotopic (exact) mass is 265 g/mol. The van der Waals surface area contributed by atoms with Crippen LogP contribution < -0.4 is 5.32 Å². The second-order valence-electron chi connectivity index (χ2n) is 3.89. The van der Waals surface area contributed by atoms with Crippen LogP contribution in [0.1, 0.15) is 20.1 Å². The number of carboxylic acids is 1. The van der Waals surface area contributed by atoms with E-state index in [1.54, 1.807) is 31.2 Å². The van der Waals surface area contributed by atoms with Gasteiger partial charge in [0, 0.05) is 17.1 Å². The molecule has 0 saturated heterocycles. The lowest BCUT2D eigenvalue weighted by Crippen LogP contribution is -1.98. The quantitative estimate of drug-likeness (QED) is 0.889. The Kier molecular flexibility index (Phi) is 3.62. The SMILES string of the molecule is Cc1cc(NCc2ccc(C(=O)O)s2)ccc1F. The minimum absolute atomic E-state index is 0.232. The van der Waals surface area contributed by atoms with Gasteiger partial charge in [-0.1, -0.05) is 0 Å². The first-order valence-electron chi connectivity index (χ1n) is 5.38. The smallest absolute Gasteiger partial charge is 0.345 e. The second kappa shape index (κ2) is 5.18. The molecule has 0 saturated carbocycles. The van der Waals surface area contributed by atoms with E-state index in [0.29, 0.717) is 17.0 Å². The van der Waals surface area contributed by atoms with Crippen LogP contribution in [0.5, 0.6) is 0 Å². The normalized spacial score (nSPS) is 10.3. The highest BCUT2D eigenvalue weighted by Gasteiger charge is 2.06. The Morgan fingerprint density at radius 2 is 2.17 bits per heavy atom. The van der Waals surface area contributed by atoms with Crippen molar-refractivity contribution in [1.29, 1.82) is 0 Å². The molecule has 0 aliphatic carbocycles. The van der Waals surface area contributed by atoms with E-state index in [9.17, 15) is 9.18 Å². The van der Waals surface area contributed by atoms with E-state index in [4.69, 9.17) is 5.11 Å².